The Balaban J connectivity index is 1.66. The minimum absolute atomic E-state index is 0.0590. The molecule has 3 aliphatic rings. The van der Waals surface area contributed by atoms with Crippen molar-refractivity contribution in [2.45, 2.75) is 25.0 Å². The average Bonchev–Trinajstić information content (AvgIpc) is 3.29. The first-order valence-electron chi connectivity index (χ1n) is 9.04. The Morgan fingerprint density at radius 1 is 1.26 bits per heavy atom. The van der Waals surface area contributed by atoms with Crippen LogP contribution in [0.1, 0.15) is 24.4 Å². The number of nitrogens with zero attached hydrogens (tertiary/aromatic N) is 1. The molecule has 3 amide bonds. The van der Waals surface area contributed by atoms with Crippen LogP contribution in [0.3, 0.4) is 0 Å². The number of rotatable bonds is 5. The van der Waals surface area contributed by atoms with Crippen LogP contribution in [0.15, 0.2) is 29.5 Å². The van der Waals surface area contributed by atoms with Crippen LogP contribution >= 0.6 is 0 Å². The molecule has 3 heterocycles. The highest BCUT2D eigenvalue weighted by Crippen LogP contribution is 2.38. The molecule has 0 unspecified atom stereocenters. The third-order valence-corrected chi connectivity index (χ3v) is 5.22. The van der Waals surface area contributed by atoms with Gasteiger partial charge in [-0.1, -0.05) is 0 Å². The quantitative estimate of drug-likeness (QED) is 0.813. The van der Waals surface area contributed by atoms with Crippen LogP contribution in [0.2, 0.25) is 0 Å². The first-order valence-corrected chi connectivity index (χ1v) is 9.04. The van der Waals surface area contributed by atoms with E-state index in [1.807, 2.05) is 0 Å². The fraction of sp³-hybridized carbons (Fsp3) is 0.474. The van der Waals surface area contributed by atoms with Crippen molar-refractivity contribution >= 4 is 11.9 Å². The summed E-state index contributed by atoms with van der Waals surface area (Å²) in [6.07, 6.45) is 2.03. The van der Waals surface area contributed by atoms with Gasteiger partial charge in [-0.2, -0.15) is 0 Å². The molecule has 1 saturated heterocycles. The number of benzene rings is 1. The van der Waals surface area contributed by atoms with E-state index in [-0.39, 0.29) is 18.0 Å². The molecule has 8 nitrogen and oxygen atoms in total. The molecule has 0 radical (unpaired) electrons. The Labute approximate surface area is 157 Å². The normalized spacial score (nSPS) is 24.6. The van der Waals surface area contributed by atoms with E-state index >= 15 is 0 Å². The summed E-state index contributed by atoms with van der Waals surface area (Å²) in [5, 5.41) is 5.64. The van der Waals surface area contributed by atoms with Crippen LogP contribution in [-0.4, -0.2) is 56.9 Å². The van der Waals surface area contributed by atoms with Crippen LogP contribution in [-0.2, 0) is 9.53 Å². The Morgan fingerprint density at radius 3 is 2.81 bits per heavy atom. The molecular weight excluding hydrogens is 350 g/mol. The number of amides is 3. The molecule has 144 valence electrons. The molecule has 3 aliphatic heterocycles. The predicted octanol–water partition coefficient (Wildman–Crippen LogP) is 1.33. The van der Waals surface area contributed by atoms with Crippen LogP contribution in [0.4, 0.5) is 4.79 Å². The lowest BCUT2D eigenvalue weighted by Gasteiger charge is -2.27. The molecular formula is C19H23N3O5. The summed E-state index contributed by atoms with van der Waals surface area (Å²) in [5.41, 5.74) is 1.86. The third-order valence-electron chi connectivity index (χ3n) is 5.22. The smallest absolute Gasteiger partial charge is 0.319 e. The van der Waals surface area contributed by atoms with Gasteiger partial charge in [-0.15, -0.1) is 0 Å². The number of urea groups is 1. The van der Waals surface area contributed by atoms with Crippen molar-refractivity contribution in [3.05, 3.63) is 35.0 Å². The van der Waals surface area contributed by atoms with Gasteiger partial charge in [0.1, 0.15) is 11.5 Å². The highest BCUT2D eigenvalue weighted by atomic mass is 16.5. The van der Waals surface area contributed by atoms with E-state index in [0.29, 0.717) is 41.4 Å². The summed E-state index contributed by atoms with van der Waals surface area (Å²) in [7, 11) is 3.13. The summed E-state index contributed by atoms with van der Waals surface area (Å²) < 4.78 is 16.4. The van der Waals surface area contributed by atoms with E-state index in [0.717, 1.165) is 19.4 Å². The van der Waals surface area contributed by atoms with E-state index in [1.54, 1.807) is 37.3 Å². The number of carbonyl (C=O) groups is 2. The van der Waals surface area contributed by atoms with Gasteiger partial charge in [-0.3, -0.25) is 4.79 Å². The Hall–Kier alpha value is -2.74. The van der Waals surface area contributed by atoms with Crippen molar-refractivity contribution < 1.29 is 23.8 Å². The van der Waals surface area contributed by atoms with Crippen molar-refractivity contribution in [3.8, 4) is 11.5 Å². The standard InChI is InChI=1S/C19H23N3O5/c1-25-11-5-6-15(26-2)13(8-11)17-16-14(20-19(24)21-17)10-22(18(16)23)9-12-4-3-7-27-12/h5-6,8,12,17H,3-4,7,9-10H2,1-2H3,(H2,20,21,24)/t12-,17-/m0/s1. The zero-order valence-electron chi connectivity index (χ0n) is 15.4. The molecule has 8 heteroatoms. The highest BCUT2D eigenvalue weighted by molar-refractivity contribution is 6.01. The molecule has 27 heavy (non-hydrogen) atoms. The van der Waals surface area contributed by atoms with Gasteiger partial charge in [0.05, 0.1) is 44.2 Å². The monoisotopic (exact) mass is 373 g/mol. The largest absolute Gasteiger partial charge is 0.497 e. The number of hydrogen-bond donors (Lipinski definition) is 2. The lowest BCUT2D eigenvalue weighted by molar-refractivity contribution is -0.127. The second-order valence-electron chi connectivity index (χ2n) is 6.85. The summed E-state index contributed by atoms with van der Waals surface area (Å²) >= 11 is 0. The van der Waals surface area contributed by atoms with Crippen LogP contribution in [0.25, 0.3) is 0 Å². The highest BCUT2D eigenvalue weighted by Gasteiger charge is 2.42. The maximum Gasteiger partial charge on any atom is 0.319 e. The van der Waals surface area contributed by atoms with E-state index in [1.165, 1.54) is 0 Å². The van der Waals surface area contributed by atoms with E-state index in [2.05, 4.69) is 10.6 Å². The molecule has 0 aliphatic carbocycles. The SMILES string of the molecule is COc1ccc(OC)c([C@@H]2NC(=O)NC3=C2C(=O)N(C[C@@H]2CCCO2)C3)c1. The van der Waals surface area contributed by atoms with Crippen molar-refractivity contribution in [1.82, 2.24) is 15.5 Å². The zero-order chi connectivity index (χ0) is 19.0. The summed E-state index contributed by atoms with van der Waals surface area (Å²) in [5.74, 6) is 1.12. The van der Waals surface area contributed by atoms with E-state index in [4.69, 9.17) is 14.2 Å². The van der Waals surface area contributed by atoms with E-state index in [9.17, 15) is 9.59 Å². The number of ether oxygens (including phenoxy) is 3. The Morgan fingerprint density at radius 2 is 2.11 bits per heavy atom. The molecule has 0 saturated carbocycles. The number of hydrogen-bond acceptors (Lipinski definition) is 5. The first kappa shape index (κ1) is 17.7. The first-order chi connectivity index (χ1) is 13.1. The van der Waals surface area contributed by atoms with Gasteiger partial charge in [0, 0.05) is 18.7 Å². The van der Waals surface area contributed by atoms with Crippen LogP contribution in [0.5, 0.6) is 11.5 Å². The van der Waals surface area contributed by atoms with Crippen molar-refractivity contribution in [3.63, 3.8) is 0 Å². The summed E-state index contributed by atoms with van der Waals surface area (Å²) in [4.78, 5) is 27.1. The third kappa shape index (κ3) is 3.21. The van der Waals surface area contributed by atoms with Crippen LogP contribution < -0.4 is 20.1 Å². The second-order valence-corrected chi connectivity index (χ2v) is 6.85. The van der Waals surface area contributed by atoms with Crippen molar-refractivity contribution in [1.29, 1.82) is 0 Å². The summed E-state index contributed by atoms with van der Waals surface area (Å²) in [6.45, 7) is 1.65. The Bertz CT molecular complexity index is 801. The Kier molecular flexibility index (Phi) is 4.65. The maximum absolute atomic E-state index is 13.1. The number of nitrogens with one attached hydrogen (secondary N) is 2. The minimum Gasteiger partial charge on any atom is -0.497 e. The minimum atomic E-state index is -0.596. The van der Waals surface area contributed by atoms with Crippen molar-refractivity contribution in [2.24, 2.45) is 0 Å². The zero-order valence-corrected chi connectivity index (χ0v) is 15.4. The average molecular weight is 373 g/mol. The maximum atomic E-state index is 13.1. The van der Waals surface area contributed by atoms with E-state index < -0.39 is 6.04 Å². The fourth-order valence-electron chi connectivity index (χ4n) is 3.91. The predicted molar refractivity (Wildman–Crippen MR) is 96.5 cm³/mol. The second kappa shape index (κ2) is 7.11. The molecule has 2 N–H and O–H groups in total. The van der Waals surface area contributed by atoms with Gasteiger partial charge in [0.2, 0.25) is 0 Å². The molecule has 0 spiro atoms. The molecule has 2 atom stereocenters. The number of methoxy groups -OCH3 is 2. The molecule has 0 bridgehead atoms. The lowest BCUT2D eigenvalue weighted by atomic mass is 9.95. The molecule has 1 aromatic carbocycles. The lowest BCUT2D eigenvalue weighted by Crippen LogP contribution is -2.44. The van der Waals surface area contributed by atoms with Gasteiger partial charge in [-0.25, -0.2) is 4.79 Å². The van der Waals surface area contributed by atoms with Crippen molar-refractivity contribution in [2.75, 3.05) is 33.9 Å². The van der Waals surface area contributed by atoms with Gasteiger partial charge in [0.25, 0.3) is 5.91 Å². The summed E-state index contributed by atoms with van der Waals surface area (Å²) in [6, 6.07) is 4.40. The van der Waals surface area contributed by atoms with Crippen LogP contribution in [0, 0.1) is 0 Å². The number of carbonyl (C=O) groups excluding carboxylic acids is 2. The molecule has 0 aromatic heterocycles. The van der Waals surface area contributed by atoms with Gasteiger partial charge >= 0.3 is 6.03 Å². The molecule has 1 aromatic rings. The van der Waals surface area contributed by atoms with Gasteiger partial charge < -0.3 is 29.7 Å². The fourth-order valence-corrected chi connectivity index (χ4v) is 3.91. The topological polar surface area (TPSA) is 89.1 Å². The molecule has 4 rings (SSSR count). The molecule has 1 fully saturated rings. The van der Waals surface area contributed by atoms with Gasteiger partial charge in [0.15, 0.2) is 0 Å². The van der Waals surface area contributed by atoms with Gasteiger partial charge in [-0.05, 0) is 31.0 Å².